The maximum Gasteiger partial charge on any atom is 0.261 e. The van der Waals surface area contributed by atoms with Gasteiger partial charge in [0.2, 0.25) is 0 Å². The Morgan fingerprint density at radius 3 is 2.71 bits per heavy atom. The van der Waals surface area contributed by atoms with Crippen molar-refractivity contribution in [2.24, 2.45) is 0 Å². The smallest absolute Gasteiger partial charge is 0.261 e. The zero-order valence-electron chi connectivity index (χ0n) is 14.0. The van der Waals surface area contributed by atoms with Crippen molar-refractivity contribution in [3.05, 3.63) is 51.2 Å². The summed E-state index contributed by atoms with van der Waals surface area (Å²) in [6.45, 7) is 6.91. The highest BCUT2D eigenvalue weighted by Gasteiger charge is 2.14. The number of aliphatic hydroxyl groups excluding tert-OH is 1. The van der Waals surface area contributed by atoms with Crippen LogP contribution in [-0.2, 0) is 5.41 Å². The fraction of sp³-hybridized carbons (Fsp3) is 0.389. The Balaban J connectivity index is 1.81. The van der Waals surface area contributed by atoms with E-state index in [1.807, 2.05) is 18.2 Å². The molecule has 0 spiro atoms. The summed E-state index contributed by atoms with van der Waals surface area (Å²) in [6, 6.07) is 12.4. The highest BCUT2D eigenvalue weighted by molar-refractivity contribution is 7.17. The average Bonchev–Trinajstić information content (AvgIpc) is 2.96. The first-order valence-corrected chi connectivity index (χ1v) is 8.93. The van der Waals surface area contributed by atoms with Gasteiger partial charge in [0, 0.05) is 18.8 Å². The number of halogens is 1. The third-order valence-corrected chi connectivity index (χ3v) is 4.68. The van der Waals surface area contributed by atoms with Gasteiger partial charge in [-0.2, -0.15) is 0 Å². The molecule has 1 aromatic heterocycles. The number of aliphatic hydroxyl groups is 1. The van der Waals surface area contributed by atoms with Gasteiger partial charge in [-0.1, -0.05) is 38.4 Å². The standard InChI is InChI=1S/C18H22ClN2O2S/c1-18(2,3)12-5-4-6-13(9-12)20-10-14(22)11-21-17(23)15-7-8-16(19)24-15/h4,6-9,14,20,22H,10-11H2,1-3H3,(H,21,23). The Kier molecular flexibility index (Phi) is 6.27. The molecule has 1 heterocycles. The number of hydrogen-bond acceptors (Lipinski definition) is 4. The lowest BCUT2D eigenvalue weighted by molar-refractivity contribution is 0.0926. The predicted molar refractivity (Wildman–Crippen MR) is 100 cm³/mol. The number of nitrogens with one attached hydrogen (secondary N) is 2. The number of carbonyl (C=O) groups excluding carboxylic acids is 1. The van der Waals surface area contributed by atoms with E-state index in [9.17, 15) is 9.90 Å². The minimum absolute atomic E-state index is 0.0201. The summed E-state index contributed by atoms with van der Waals surface area (Å²) in [4.78, 5) is 12.4. The highest BCUT2D eigenvalue weighted by atomic mass is 35.5. The molecule has 0 saturated carbocycles. The van der Waals surface area contributed by atoms with Crippen molar-refractivity contribution in [3.8, 4) is 0 Å². The van der Waals surface area contributed by atoms with Gasteiger partial charge in [-0.15, -0.1) is 11.3 Å². The van der Waals surface area contributed by atoms with Crippen LogP contribution >= 0.6 is 22.9 Å². The van der Waals surface area contributed by atoms with Gasteiger partial charge in [0.25, 0.3) is 5.91 Å². The average molecular weight is 366 g/mol. The van der Waals surface area contributed by atoms with Crippen molar-refractivity contribution in [1.29, 1.82) is 0 Å². The number of anilines is 1. The molecule has 0 fully saturated rings. The minimum atomic E-state index is -0.688. The van der Waals surface area contributed by atoms with E-state index in [0.29, 0.717) is 15.8 Å². The summed E-state index contributed by atoms with van der Waals surface area (Å²) in [7, 11) is 0. The molecule has 0 bridgehead atoms. The lowest BCUT2D eigenvalue weighted by Crippen LogP contribution is -2.35. The SMILES string of the molecule is CC(C)(C)c1[c]ccc(NCC(O)CNC(=O)c2ccc(Cl)s2)c1. The van der Waals surface area contributed by atoms with Gasteiger partial charge in [-0.05, 0) is 41.3 Å². The lowest BCUT2D eigenvalue weighted by Gasteiger charge is -2.20. The second-order valence-corrected chi connectivity index (χ2v) is 8.30. The molecule has 6 heteroatoms. The van der Waals surface area contributed by atoms with Crippen molar-refractivity contribution in [2.45, 2.75) is 32.3 Å². The maximum atomic E-state index is 11.9. The van der Waals surface area contributed by atoms with Crippen LogP contribution in [0.25, 0.3) is 0 Å². The molecule has 0 aliphatic carbocycles. The molecule has 3 N–H and O–H groups in total. The number of hydrogen-bond donors (Lipinski definition) is 3. The number of carbonyl (C=O) groups is 1. The molecule has 1 aromatic carbocycles. The zero-order valence-corrected chi connectivity index (χ0v) is 15.6. The molecular weight excluding hydrogens is 344 g/mol. The van der Waals surface area contributed by atoms with Crippen molar-refractivity contribution in [3.63, 3.8) is 0 Å². The van der Waals surface area contributed by atoms with E-state index in [4.69, 9.17) is 11.6 Å². The van der Waals surface area contributed by atoms with Crippen LogP contribution in [0.4, 0.5) is 5.69 Å². The summed E-state index contributed by atoms with van der Waals surface area (Å²) in [5.74, 6) is -0.227. The summed E-state index contributed by atoms with van der Waals surface area (Å²) < 4.78 is 0.567. The van der Waals surface area contributed by atoms with Crippen molar-refractivity contribution < 1.29 is 9.90 Å². The molecule has 2 rings (SSSR count). The predicted octanol–water partition coefficient (Wildman–Crippen LogP) is 3.70. The molecule has 24 heavy (non-hydrogen) atoms. The van der Waals surface area contributed by atoms with E-state index in [1.165, 1.54) is 11.3 Å². The molecule has 0 saturated heterocycles. The summed E-state index contributed by atoms with van der Waals surface area (Å²) in [5, 5.41) is 15.9. The molecule has 1 amide bonds. The van der Waals surface area contributed by atoms with E-state index in [2.05, 4.69) is 37.5 Å². The van der Waals surface area contributed by atoms with Crippen LogP contribution < -0.4 is 10.6 Å². The monoisotopic (exact) mass is 365 g/mol. The van der Waals surface area contributed by atoms with Crippen molar-refractivity contribution in [1.82, 2.24) is 5.32 Å². The van der Waals surface area contributed by atoms with Crippen LogP contribution in [0, 0.1) is 6.07 Å². The first-order valence-electron chi connectivity index (χ1n) is 7.73. The van der Waals surface area contributed by atoms with Crippen LogP contribution in [0.5, 0.6) is 0 Å². The van der Waals surface area contributed by atoms with Gasteiger partial charge in [0.05, 0.1) is 15.3 Å². The zero-order chi connectivity index (χ0) is 17.7. The molecule has 2 aromatic rings. The molecule has 1 radical (unpaired) electrons. The molecular formula is C18H22ClN2O2S. The third-order valence-electron chi connectivity index (χ3n) is 3.45. The first kappa shape index (κ1) is 18.8. The summed E-state index contributed by atoms with van der Waals surface area (Å²) in [6.07, 6.45) is -0.688. The molecule has 0 aliphatic heterocycles. The van der Waals surface area contributed by atoms with Crippen LogP contribution in [0.15, 0.2) is 30.3 Å². The van der Waals surface area contributed by atoms with E-state index >= 15 is 0 Å². The molecule has 129 valence electrons. The minimum Gasteiger partial charge on any atom is -0.389 e. The highest BCUT2D eigenvalue weighted by Crippen LogP contribution is 2.24. The second-order valence-electron chi connectivity index (χ2n) is 6.59. The lowest BCUT2D eigenvalue weighted by atomic mass is 9.87. The van der Waals surface area contributed by atoms with E-state index in [1.54, 1.807) is 12.1 Å². The molecule has 1 atom stereocenters. The van der Waals surface area contributed by atoms with E-state index in [0.717, 1.165) is 11.3 Å². The largest absolute Gasteiger partial charge is 0.389 e. The topological polar surface area (TPSA) is 61.4 Å². The number of rotatable bonds is 6. The van der Waals surface area contributed by atoms with Gasteiger partial charge < -0.3 is 15.7 Å². The van der Waals surface area contributed by atoms with E-state index < -0.39 is 6.10 Å². The summed E-state index contributed by atoms with van der Waals surface area (Å²) >= 11 is 7.02. The fourth-order valence-electron chi connectivity index (χ4n) is 2.05. The maximum absolute atomic E-state index is 11.9. The number of thiophene rings is 1. The van der Waals surface area contributed by atoms with Gasteiger partial charge in [-0.25, -0.2) is 0 Å². The van der Waals surface area contributed by atoms with Crippen LogP contribution in [0.3, 0.4) is 0 Å². The second kappa shape index (κ2) is 8.01. The third kappa shape index (κ3) is 5.51. The Morgan fingerprint density at radius 1 is 1.33 bits per heavy atom. The summed E-state index contributed by atoms with van der Waals surface area (Å²) in [5.41, 5.74) is 2.05. The van der Waals surface area contributed by atoms with E-state index in [-0.39, 0.29) is 17.9 Å². The quantitative estimate of drug-likeness (QED) is 0.731. The van der Waals surface area contributed by atoms with Crippen molar-refractivity contribution in [2.75, 3.05) is 18.4 Å². The van der Waals surface area contributed by atoms with Gasteiger partial charge in [0.15, 0.2) is 0 Å². The molecule has 4 nitrogen and oxygen atoms in total. The number of amides is 1. The van der Waals surface area contributed by atoms with Gasteiger partial charge in [-0.3, -0.25) is 4.79 Å². The first-order chi connectivity index (χ1) is 11.3. The number of benzene rings is 1. The molecule has 1 unspecified atom stereocenters. The Morgan fingerprint density at radius 2 is 2.08 bits per heavy atom. The van der Waals surface area contributed by atoms with Crippen molar-refractivity contribution >= 4 is 34.5 Å². The fourth-order valence-corrected chi connectivity index (χ4v) is 3.01. The van der Waals surface area contributed by atoms with Gasteiger partial charge in [0.1, 0.15) is 0 Å². The van der Waals surface area contributed by atoms with Crippen LogP contribution in [-0.4, -0.2) is 30.2 Å². The molecule has 0 aliphatic rings. The Bertz CT molecular complexity index is 694. The Hall–Kier alpha value is -1.56. The Labute approximate surface area is 151 Å². The normalized spacial score (nSPS) is 12.7. The van der Waals surface area contributed by atoms with Crippen LogP contribution in [0.1, 0.15) is 36.0 Å². The van der Waals surface area contributed by atoms with Crippen LogP contribution in [0.2, 0.25) is 4.34 Å². The van der Waals surface area contributed by atoms with Gasteiger partial charge >= 0.3 is 0 Å².